The van der Waals surface area contributed by atoms with Gasteiger partial charge in [-0.15, -0.1) is 11.6 Å². The number of alkyl halides is 1. The molecule has 1 rings (SSSR count). The Morgan fingerprint density at radius 1 is 1.55 bits per heavy atom. The topological polar surface area (TPSA) is 12.9 Å². The minimum Gasteiger partial charge on any atom is -0.254 e. The van der Waals surface area contributed by atoms with E-state index in [2.05, 4.69) is 4.98 Å². The van der Waals surface area contributed by atoms with Crippen LogP contribution >= 0.6 is 11.6 Å². The highest BCUT2D eigenvalue weighted by Gasteiger charge is 1.86. The van der Waals surface area contributed by atoms with E-state index in [9.17, 15) is 0 Å². The van der Waals surface area contributed by atoms with Crippen molar-refractivity contribution in [3.63, 3.8) is 0 Å². The van der Waals surface area contributed by atoms with Crippen molar-refractivity contribution in [1.82, 2.24) is 4.98 Å². The van der Waals surface area contributed by atoms with Crippen LogP contribution < -0.4 is 0 Å². The van der Waals surface area contributed by atoms with Gasteiger partial charge in [0.05, 0.1) is 5.69 Å². The standard InChI is InChI=1S/C9H10ClN/c1-8-4-2-5-9(11-8)6-3-7-10/h2-6H,7H2,1H3/b6-3+. The van der Waals surface area contributed by atoms with Crippen molar-refractivity contribution in [2.45, 2.75) is 6.92 Å². The van der Waals surface area contributed by atoms with Crippen molar-refractivity contribution in [1.29, 1.82) is 0 Å². The SMILES string of the molecule is Cc1cccc(/C=C/CCl)n1. The number of pyridine rings is 1. The number of rotatable bonds is 2. The van der Waals surface area contributed by atoms with Crippen LogP contribution in [-0.4, -0.2) is 10.9 Å². The molecular weight excluding hydrogens is 158 g/mol. The van der Waals surface area contributed by atoms with Crippen molar-refractivity contribution in [3.05, 3.63) is 35.7 Å². The molecule has 0 aliphatic heterocycles. The second kappa shape index (κ2) is 4.14. The van der Waals surface area contributed by atoms with Gasteiger partial charge in [0, 0.05) is 11.6 Å². The minimum atomic E-state index is 0.537. The molecule has 0 saturated carbocycles. The lowest BCUT2D eigenvalue weighted by atomic mass is 10.3. The summed E-state index contributed by atoms with van der Waals surface area (Å²) < 4.78 is 0. The van der Waals surface area contributed by atoms with Crippen LogP contribution in [0.1, 0.15) is 11.4 Å². The quantitative estimate of drug-likeness (QED) is 0.618. The third-order valence-electron chi connectivity index (χ3n) is 1.29. The first-order valence-electron chi connectivity index (χ1n) is 3.49. The molecule has 0 bridgehead atoms. The number of aryl methyl sites for hydroxylation is 1. The van der Waals surface area contributed by atoms with Gasteiger partial charge in [-0.3, -0.25) is 4.98 Å². The number of halogens is 1. The molecule has 58 valence electrons. The Morgan fingerprint density at radius 2 is 2.36 bits per heavy atom. The van der Waals surface area contributed by atoms with E-state index in [4.69, 9.17) is 11.6 Å². The van der Waals surface area contributed by atoms with Gasteiger partial charge in [0.15, 0.2) is 0 Å². The normalized spacial score (nSPS) is 10.7. The van der Waals surface area contributed by atoms with E-state index < -0.39 is 0 Å². The van der Waals surface area contributed by atoms with Crippen LogP contribution in [0, 0.1) is 6.92 Å². The first kappa shape index (κ1) is 8.28. The van der Waals surface area contributed by atoms with E-state index in [-0.39, 0.29) is 0 Å². The Hall–Kier alpha value is -0.820. The molecule has 2 heteroatoms. The van der Waals surface area contributed by atoms with Gasteiger partial charge >= 0.3 is 0 Å². The van der Waals surface area contributed by atoms with E-state index in [1.165, 1.54) is 0 Å². The van der Waals surface area contributed by atoms with Crippen LogP contribution in [0.5, 0.6) is 0 Å². The Morgan fingerprint density at radius 3 is 3.00 bits per heavy atom. The molecule has 0 spiro atoms. The van der Waals surface area contributed by atoms with Gasteiger partial charge in [-0.2, -0.15) is 0 Å². The number of hydrogen-bond donors (Lipinski definition) is 0. The van der Waals surface area contributed by atoms with E-state index in [1.807, 2.05) is 37.3 Å². The van der Waals surface area contributed by atoms with Crippen LogP contribution in [0.25, 0.3) is 6.08 Å². The molecule has 0 aromatic carbocycles. The summed E-state index contributed by atoms with van der Waals surface area (Å²) in [4.78, 5) is 4.27. The van der Waals surface area contributed by atoms with Gasteiger partial charge < -0.3 is 0 Å². The van der Waals surface area contributed by atoms with Crippen molar-refractivity contribution in [2.24, 2.45) is 0 Å². The molecule has 0 amide bonds. The maximum atomic E-state index is 5.48. The lowest BCUT2D eigenvalue weighted by Crippen LogP contribution is -1.82. The van der Waals surface area contributed by atoms with Crippen molar-refractivity contribution in [3.8, 4) is 0 Å². The van der Waals surface area contributed by atoms with Gasteiger partial charge in [0.2, 0.25) is 0 Å². The average molecular weight is 168 g/mol. The number of nitrogens with zero attached hydrogens (tertiary/aromatic N) is 1. The van der Waals surface area contributed by atoms with Gasteiger partial charge in [-0.25, -0.2) is 0 Å². The molecule has 0 aliphatic rings. The lowest BCUT2D eigenvalue weighted by molar-refractivity contribution is 1.18. The average Bonchev–Trinajstić information content (AvgIpc) is 2.01. The Balaban J connectivity index is 2.79. The maximum absolute atomic E-state index is 5.48. The Labute approximate surface area is 71.7 Å². The zero-order valence-corrected chi connectivity index (χ0v) is 7.17. The summed E-state index contributed by atoms with van der Waals surface area (Å²) in [6.45, 7) is 1.97. The summed E-state index contributed by atoms with van der Waals surface area (Å²) in [7, 11) is 0. The van der Waals surface area contributed by atoms with E-state index >= 15 is 0 Å². The van der Waals surface area contributed by atoms with E-state index in [0.717, 1.165) is 11.4 Å². The summed E-state index contributed by atoms with van der Waals surface area (Å²) in [6.07, 6.45) is 3.79. The van der Waals surface area contributed by atoms with Crippen LogP contribution in [0.3, 0.4) is 0 Å². The first-order valence-corrected chi connectivity index (χ1v) is 4.02. The highest BCUT2D eigenvalue weighted by Crippen LogP contribution is 2.00. The molecule has 0 fully saturated rings. The van der Waals surface area contributed by atoms with E-state index in [1.54, 1.807) is 0 Å². The highest BCUT2D eigenvalue weighted by atomic mass is 35.5. The Kier molecular flexibility index (Phi) is 3.12. The summed E-state index contributed by atoms with van der Waals surface area (Å²) in [5.41, 5.74) is 1.99. The van der Waals surface area contributed by atoms with Crippen LogP contribution in [0.2, 0.25) is 0 Å². The lowest BCUT2D eigenvalue weighted by Gasteiger charge is -1.92. The molecule has 1 heterocycles. The third-order valence-corrected chi connectivity index (χ3v) is 1.47. The summed E-state index contributed by atoms with van der Waals surface area (Å²) >= 11 is 5.48. The number of hydrogen-bond acceptors (Lipinski definition) is 1. The molecule has 1 aromatic rings. The smallest absolute Gasteiger partial charge is 0.0630 e. The minimum absolute atomic E-state index is 0.537. The maximum Gasteiger partial charge on any atom is 0.0630 e. The molecule has 11 heavy (non-hydrogen) atoms. The van der Waals surface area contributed by atoms with Crippen molar-refractivity contribution < 1.29 is 0 Å². The highest BCUT2D eigenvalue weighted by molar-refractivity contribution is 6.19. The summed E-state index contributed by atoms with van der Waals surface area (Å²) in [5.74, 6) is 0.537. The number of allylic oxidation sites excluding steroid dienone is 1. The largest absolute Gasteiger partial charge is 0.254 e. The van der Waals surface area contributed by atoms with Crippen LogP contribution in [-0.2, 0) is 0 Å². The predicted octanol–water partition coefficient (Wildman–Crippen LogP) is 2.64. The first-order chi connectivity index (χ1) is 5.33. The molecule has 0 aliphatic carbocycles. The molecule has 0 radical (unpaired) electrons. The zero-order chi connectivity index (χ0) is 8.10. The molecule has 1 nitrogen and oxygen atoms in total. The molecule has 1 aromatic heterocycles. The van der Waals surface area contributed by atoms with Crippen molar-refractivity contribution in [2.75, 3.05) is 5.88 Å². The fourth-order valence-electron chi connectivity index (χ4n) is 0.822. The fraction of sp³-hybridized carbons (Fsp3) is 0.222. The second-order valence-electron chi connectivity index (χ2n) is 2.26. The van der Waals surface area contributed by atoms with Gasteiger partial charge in [-0.05, 0) is 25.1 Å². The molecule has 0 unspecified atom stereocenters. The molecule has 0 atom stereocenters. The summed E-state index contributed by atoms with van der Waals surface area (Å²) in [6, 6.07) is 5.91. The second-order valence-corrected chi connectivity index (χ2v) is 2.57. The van der Waals surface area contributed by atoms with Crippen molar-refractivity contribution >= 4 is 17.7 Å². The molecular formula is C9H10ClN. The fourth-order valence-corrected chi connectivity index (χ4v) is 0.911. The van der Waals surface area contributed by atoms with Gasteiger partial charge in [0.25, 0.3) is 0 Å². The monoisotopic (exact) mass is 167 g/mol. The summed E-state index contributed by atoms with van der Waals surface area (Å²) in [5, 5.41) is 0. The number of aromatic nitrogens is 1. The molecule has 0 N–H and O–H groups in total. The Bertz CT molecular complexity index is 255. The predicted molar refractivity (Wildman–Crippen MR) is 48.7 cm³/mol. The van der Waals surface area contributed by atoms with Gasteiger partial charge in [0.1, 0.15) is 0 Å². The zero-order valence-electron chi connectivity index (χ0n) is 6.42. The van der Waals surface area contributed by atoms with E-state index in [0.29, 0.717) is 5.88 Å². The third kappa shape index (κ3) is 2.72. The van der Waals surface area contributed by atoms with Crippen LogP contribution in [0.15, 0.2) is 24.3 Å². The molecule has 0 saturated heterocycles. The van der Waals surface area contributed by atoms with Crippen LogP contribution in [0.4, 0.5) is 0 Å². The van der Waals surface area contributed by atoms with Gasteiger partial charge in [-0.1, -0.05) is 12.1 Å².